The van der Waals surface area contributed by atoms with Crippen molar-refractivity contribution in [2.24, 2.45) is 0 Å². The van der Waals surface area contributed by atoms with Gasteiger partial charge in [0.25, 0.3) is 11.7 Å². The Morgan fingerprint density at radius 2 is 1.80 bits per heavy atom. The average Bonchev–Trinajstić information content (AvgIpc) is 3.02. The highest BCUT2D eigenvalue weighted by Crippen LogP contribution is 2.40. The molecule has 1 heterocycles. The van der Waals surface area contributed by atoms with Gasteiger partial charge in [0.05, 0.1) is 31.9 Å². The fraction of sp³-hybridized carbons (Fsp3) is 0.304. The van der Waals surface area contributed by atoms with E-state index >= 15 is 0 Å². The summed E-state index contributed by atoms with van der Waals surface area (Å²) in [4.78, 5) is 27.1. The number of hydrogen-bond acceptors (Lipinski definition) is 6. The third-order valence-corrected chi connectivity index (χ3v) is 4.92. The zero-order valence-electron chi connectivity index (χ0n) is 17.3. The molecule has 1 N–H and O–H groups in total. The Labute approximate surface area is 175 Å². The number of rotatable bonds is 8. The van der Waals surface area contributed by atoms with Gasteiger partial charge in [0.1, 0.15) is 17.3 Å². The van der Waals surface area contributed by atoms with Gasteiger partial charge in [-0.25, -0.2) is 0 Å². The zero-order valence-corrected chi connectivity index (χ0v) is 17.3. The molecule has 3 rings (SSSR count). The van der Waals surface area contributed by atoms with Gasteiger partial charge in [0.15, 0.2) is 0 Å². The first-order valence-electron chi connectivity index (χ1n) is 9.66. The largest absolute Gasteiger partial charge is 0.507 e. The number of methoxy groups -OCH3 is 2. The molecule has 158 valence electrons. The number of nitrogens with zero attached hydrogens (tertiary/aromatic N) is 1. The number of ether oxygens (including phenoxy) is 3. The van der Waals surface area contributed by atoms with Crippen LogP contribution in [-0.2, 0) is 14.3 Å². The Kier molecular flexibility index (Phi) is 6.74. The maximum Gasteiger partial charge on any atom is 0.295 e. The van der Waals surface area contributed by atoms with Crippen molar-refractivity contribution in [3.05, 3.63) is 65.2 Å². The summed E-state index contributed by atoms with van der Waals surface area (Å²) in [5.41, 5.74) is 1.13. The van der Waals surface area contributed by atoms with Crippen LogP contribution in [0.1, 0.15) is 24.1 Å². The molecule has 1 amide bonds. The molecule has 0 radical (unpaired) electrons. The normalized spacial score (nSPS) is 18.0. The molecule has 2 aromatic carbocycles. The predicted octanol–water partition coefficient (Wildman–Crippen LogP) is 3.16. The summed E-state index contributed by atoms with van der Waals surface area (Å²) in [6, 6.07) is 13.1. The lowest BCUT2D eigenvalue weighted by molar-refractivity contribution is -0.140. The first-order valence-corrected chi connectivity index (χ1v) is 9.66. The minimum atomic E-state index is -0.748. The zero-order chi connectivity index (χ0) is 21.7. The van der Waals surface area contributed by atoms with E-state index < -0.39 is 17.7 Å². The first-order chi connectivity index (χ1) is 14.5. The van der Waals surface area contributed by atoms with Crippen LogP contribution in [-0.4, -0.2) is 55.7 Å². The van der Waals surface area contributed by atoms with E-state index in [4.69, 9.17) is 14.2 Å². The molecule has 0 bridgehead atoms. The van der Waals surface area contributed by atoms with Gasteiger partial charge in [-0.05, 0) is 48.9 Å². The lowest BCUT2D eigenvalue weighted by Crippen LogP contribution is -2.32. The van der Waals surface area contributed by atoms with E-state index in [2.05, 4.69) is 0 Å². The summed E-state index contributed by atoms with van der Waals surface area (Å²) in [5, 5.41) is 11.0. The number of aliphatic hydroxyl groups excluding tert-OH is 1. The van der Waals surface area contributed by atoms with Gasteiger partial charge in [-0.2, -0.15) is 0 Å². The summed E-state index contributed by atoms with van der Waals surface area (Å²) >= 11 is 0. The van der Waals surface area contributed by atoms with Gasteiger partial charge in [-0.3, -0.25) is 9.59 Å². The van der Waals surface area contributed by atoms with Crippen molar-refractivity contribution in [1.82, 2.24) is 4.90 Å². The molecule has 1 fully saturated rings. The number of carbonyl (C=O) groups excluding carboxylic acids is 2. The van der Waals surface area contributed by atoms with E-state index in [1.165, 1.54) is 12.0 Å². The fourth-order valence-electron chi connectivity index (χ4n) is 3.49. The Morgan fingerprint density at radius 3 is 2.43 bits per heavy atom. The van der Waals surface area contributed by atoms with Crippen molar-refractivity contribution < 1.29 is 28.9 Å². The van der Waals surface area contributed by atoms with E-state index in [1.54, 1.807) is 55.6 Å². The Hall–Kier alpha value is -3.32. The third-order valence-electron chi connectivity index (χ3n) is 4.92. The SMILES string of the molecule is CCOc1ccc(/C(O)=C2\C(=O)C(=O)N(CCOC)[C@H]2c2cccc(OC)c2)cc1. The molecule has 7 nitrogen and oxygen atoms in total. The summed E-state index contributed by atoms with van der Waals surface area (Å²) in [5.74, 6) is -0.397. The van der Waals surface area contributed by atoms with E-state index in [-0.39, 0.29) is 24.5 Å². The second-order valence-electron chi connectivity index (χ2n) is 6.72. The second kappa shape index (κ2) is 9.45. The predicted molar refractivity (Wildman–Crippen MR) is 111 cm³/mol. The minimum Gasteiger partial charge on any atom is -0.507 e. The molecule has 1 aliphatic heterocycles. The summed E-state index contributed by atoms with van der Waals surface area (Å²) in [6.45, 7) is 2.87. The molecule has 0 unspecified atom stereocenters. The van der Waals surface area contributed by atoms with Gasteiger partial charge in [0, 0.05) is 19.2 Å². The van der Waals surface area contributed by atoms with Crippen LogP contribution in [0.2, 0.25) is 0 Å². The molecule has 7 heteroatoms. The minimum absolute atomic E-state index is 0.0357. The molecule has 0 spiro atoms. The monoisotopic (exact) mass is 411 g/mol. The molecule has 2 aromatic rings. The Bertz CT molecular complexity index is 950. The lowest BCUT2D eigenvalue weighted by atomic mass is 9.95. The van der Waals surface area contributed by atoms with Crippen molar-refractivity contribution >= 4 is 17.4 Å². The van der Waals surface area contributed by atoms with Crippen LogP contribution in [0.5, 0.6) is 11.5 Å². The van der Waals surface area contributed by atoms with Crippen LogP contribution in [0, 0.1) is 0 Å². The first kappa shape index (κ1) is 21.4. The fourth-order valence-corrected chi connectivity index (χ4v) is 3.49. The maximum absolute atomic E-state index is 12.9. The van der Waals surface area contributed by atoms with Crippen molar-refractivity contribution in [3.8, 4) is 11.5 Å². The molecular formula is C23H25NO6. The molecule has 1 aliphatic rings. The number of aliphatic hydroxyl groups is 1. The Balaban J connectivity index is 2.11. The third kappa shape index (κ3) is 4.16. The quantitative estimate of drug-likeness (QED) is 0.408. The van der Waals surface area contributed by atoms with E-state index in [9.17, 15) is 14.7 Å². The van der Waals surface area contributed by atoms with Crippen molar-refractivity contribution in [1.29, 1.82) is 0 Å². The van der Waals surface area contributed by atoms with Gasteiger partial charge in [0.2, 0.25) is 0 Å². The van der Waals surface area contributed by atoms with Crippen LogP contribution < -0.4 is 9.47 Å². The summed E-state index contributed by atoms with van der Waals surface area (Å²) in [6.07, 6.45) is 0. The van der Waals surface area contributed by atoms with Crippen LogP contribution in [0.25, 0.3) is 5.76 Å². The van der Waals surface area contributed by atoms with Crippen LogP contribution in [0.3, 0.4) is 0 Å². The summed E-state index contributed by atoms with van der Waals surface area (Å²) in [7, 11) is 3.07. The molecule has 30 heavy (non-hydrogen) atoms. The van der Waals surface area contributed by atoms with E-state index in [1.807, 2.05) is 6.92 Å². The number of benzene rings is 2. The van der Waals surface area contributed by atoms with Gasteiger partial charge in [-0.15, -0.1) is 0 Å². The second-order valence-corrected chi connectivity index (χ2v) is 6.72. The van der Waals surface area contributed by atoms with Crippen molar-refractivity contribution in [2.45, 2.75) is 13.0 Å². The maximum atomic E-state index is 12.9. The van der Waals surface area contributed by atoms with Crippen molar-refractivity contribution in [2.75, 3.05) is 34.0 Å². The van der Waals surface area contributed by atoms with Crippen LogP contribution in [0.15, 0.2) is 54.1 Å². The molecular weight excluding hydrogens is 386 g/mol. The average molecular weight is 411 g/mol. The highest BCUT2D eigenvalue weighted by molar-refractivity contribution is 6.46. The topological polar surface area (TPSA) is 85.3 Å². The number of Topliss-reactive ketones (excluding diaryl/α,β-unsaturated/α-hetero) is 1. The van der Waals surface area contributed by atoms with E-state index in [0.717, 1.165) is 0 Å². The van der Waals surface area contributed by atoms with Gasteiger partial charge >= 0.3 is 0 Å². The highest BCUT2D eigenvalue weighted by Gasteiger charge is 2.45. The lowest BCUT2D eigenvalue weighted by Gasteiger charge is -2.25. The number of hydrogen-bond donors (Lipinski definition) is 1. The van der Waals surface area contributed by atoms with Crippen LogP contribution >= 0.6 is 0 Å². The number of amides is 1. The summed E-state index contributed by atoms with van der Waals surface area (Å²) < 4.78 is 15.8. The van der Waals surface area contributed by atoms with Crippen LogP contribution in [0.4, 0.5) is 0 Å². The standard InChI is InChI=1S/C23H25NO6/c1-4-30-17-10-8-15(9-11-17)21(25)19-20(16-6-5-7-18(14-16)29-3)24(12-13-28-2)23(27)22(19)26/h5-11,14,20,25H,4,12-13H2,1-3H3/b21-19+/t20-/m0/s1. The highest BCUT2D eigenvalue weighted by atomic mass is 16.5. The molecule has 1 atom stereocenters. The molecule has 0 aliphatic carbocycles. The van der Waals surface area contributed by atoms with E-state index in [0.29, 0.717) is 29.2 Å². The molecule has 0 saturated carbocycles. The number of ketones is 1. The van der Waals surface area contributed by atoms with Gasteiger partial charge in [-0.1, -0.05) is 12.1 Å². The van der Waals surface area contributed by atoms with Gasteiger partial charge < -0.3 is 24.2 Å². The smallest absolute Gasteiger partial charge is 0.295 e. The number of likely N-dealkylation sites (tertiary alicyclic amines) is 1. The van der Waals surface area contributed by atoms with Crippen molar-refractivity contribution in [3.63, 3.8) is 0 Å². The number of carbonyl (C=O) groups is 2. The Morgan fingerprint density at radius 1 is 1.07 bits per heavy atom. The molecule has 0 aromatic heterocycles. The molecule has 1 saturated heterocycles.